The van der Waals surface area contributed by atoms with Crippen LogP contribution in [0.4, 0.5) is 5.69 Å². The van der Waals surface area contributed by atoms with Gasteiger partial charge < -0.3 is 25.0 Å². The third-order valence-electron chi connectivity index (χ3n) is 6.26. The summed E-state index contributed by atoms with van der Waals surface area (Å²) in [6.07, 6.45) is 4.08. The number of nitrogens with one attached hydrogen (secondary N) is 1. The van der Waals surface area contributed by atoms with Crippen LogP contribution in [-0.2, 0) is 6.54 Å². The number of phenols is 1. The molecule has 0 amide bonds. The zero-order valence-electron chi connectivity index (χ0n) is 21.0. The smallest absolute Gasteiger partial charge is 0.341 e. The van der Waals surface area contributed by atoms with E-state index in [0.717, 1.165) is 16.7 Å². The predicted molar refractivity (Wildman–Crippen MR) is 147 cm³/mol. The Morgan fingerprint density at radius 2 is 1.57 bits per heavy atom. The average Bonchev–Trinajstić information content (AvgIpc) is 2.91. The fraction of sp³-hybridized carbons (Fsp3) is 0.129. The summed E-state index contributed by atoms with van der Waals surface area (Å²) < 4.78 is 11.3. The monoisotopic (exact) mass is 495 g/mol. The standard InChI is InChI=1S/C31H29NO5/c1-20-22(11-7-12-24(20)23-9-5-4-6-10-23)16-15-21-17-28(36-2)25(29(18-21)37-3)19-32-26-13-8-14-27(33)30(26)31(34)35/h4-18,32-33H,19H2,1-3H3,(H,34,35). The number of aromatic hydroxyl groups is 1. The minimum atomic E-state index is -1.22. The highest BCUT2D eigenvalue weighted by Crippen LogP contribution is 2.34. The molecule has 0 atom stereocenters. The van der Waals surface area contributed by atoms with Gasteiger partial charge in [-0.3, -0.25) is 0 Å². The van der Waals surface area contributed by atoms with E-state index in [-0.39, 0.29) is 17.9 Å². The third kappa shape index (κ3) is 5.59. The summed E-state index contributed by atoms with van der Waals surface area (Å²) in [6, 6.07) is 24.9. The summed E-state index contributed by atoms with van der Waals surface area (Å²) in [5.41, 5.74) is 6.39. The molecule has 3 N–H and O–H groups in total. The van der Waals surface area contributed by atoms with Gasteiger partial charge in [-0.25, -0.2) is 4.79 Å². The lowest BCUT2D eigenvalue weighted by Gasteiger charge is -2.17. The van der Waals surface area contributed by atoms with Gasteiger partial charge in [0.25, 0.3) is 0 Å². The molecule has 0 unspecified atom stereocenters. The highest BCUT2D eigenvalue weighted by Gasteiger charge is 2.17. The Balaban J connectivity index is 1.62. The summed E-state index contributed by atoms with van der Waals surface area (Å²) in [5.74, 6) is -0.327. The number of carboxylic acid groups (broad SMARTS) is 1. The second kappa shape index (κ2) is 11.4. The lowest BCUT2D eigenvalue weighted by atomic mass is 9.96. The molecule has 4 rings (SSSR count). The Hall–Kier alpha value is -4.71. The first-order chi connectivity index (χ1) is 17.9. The topological polar surface area (TPSA) is 88.0 Å². The molecule has 0 aliphatic rings. The molecular formula is C31H29NO5. The second-order valence-electron chi connectivity index (χ2n) is 8.48. The number of rotatable bonds is 9. The Labute approximate surface area is 216 Å². The molecule has 0 bridgehead atoms. The van der Waals surface area contributed by atoms with Crippen molar-refractivity contribution >= 4 is 23.8 Å². The average molecular weight is 496 g/mol. The molecule has 0 aliphatic heterocycles. The molecule has 0 spiro atoms. The van der Waals surface area contributed by atoms with E-state index in [2.05, 4.69) is 48.6 Å². The van der Waals surface area contributed by atoms with Crippen LogP contribution in [0.1, 0.15) is 32.6 Å². The first-order valence-corrected chi connectivity index (χ1v) is 11.8. The Morgan fingerprint density at radius 3 is 2.22 bits per heavy atom. The zero-order valence-corrected chi connectivity index (χ0v) is 21.0. The first-order valence-electron chi connectivity index (χ1n) is 11.8. The van der Waals surface area contributed by atoms with Gasteiger partial charge in [-0.2, -0.15) is 0 Å². The minimum Gasteiger partial charge on any atom is -0.507 e. The lowest BCUT2D eigenvalue weighted by molar-refractivity contribution is 0.0695. The number of methoxy groups -OCH3 is 2. The van der Waals surface area contributed by atoms with Crippen LogP contribution in [0.5, 0.6) is 17.2 Å². The van der Waals surface area contributed by atoms with Gasteiger partial charge >= 0.3 is 5.97 Å². The van der Waals surface area contributed by atoms with Crippen LogP contribution in [0.3, 0.4) is 0 Å². The second-order valence-corrected chi connectivity index (χ2v) is 8.48. The molecule has 0 fully saturated rings. The molecule has 6 nitrogen and oxygen atoms in total. The highest BCUT2D eigenvalue weighted by molar-refractivity contribution is 5.97. The summed E-state index contributed by atoms with van der Waals surface area (Å²) in [5, 5.41) is 22.5. The van der Waals surface area contributed by atoms with E-state index in [9.17, 15) is 15.0 Å². The van der Waals surface area contributed by atoms with Gasteiger partial charge in [0.1, 0.15) is 22.8 Å². The molecule has 0 saturated carbocycles. The third-order valence-corrected chi connectivity index (χ3v) is 6.26. The Kier molecular flexibility index (Phi) is 7.79. The van der Waals surface area contributed by atoms with Gasteiger partial charge in [0, 0.05) is 6.54 Å². The summed E-state index contributed by atoms with van der Waals surface area (Å²) in [7, 11) is 3.16. The molecule has 0 saturated heterocycles. The largest absolute Gasteiger partial charge is 0.507 e. The number of benzene rings is 4. The molecule has 0 aliphatic carbocycles. The van der Waals surface area contributed by atoms with Crippen molar-refractivity contribution in [2.75, 3.05) is 19.5 Å². The normalized spacial score (nSPS) is 10.9. The van der Waals surface area contributed by atoms with Crippen LogP contribution in [0, 0.1) is 6.92 Å². The summed E-state index contributed by atoms with van der Waals surface area (Å²) in [4.78, 5) is 11.6. The van der Waals surface area contributed by atoms with Crippen molar-refractivity contribution < 1.29 is 24.5 Å². The van der Waals surface area contributed by atoms with Gasteiger partial charge in [-0.05, 0) is 59.0 Å². The van der Waals surface area contributed by atoms with Crippen molar-refractivity contribution in [3.63, 3.8) is 0 Å². The van der Waals surface area contributed by atoms with Crippen molar-refractivity contribution in [2.45, 2.75) is 13.5 Å². The quantitative estimate of drug-likeness (QED) is 0.220. The molecule has 188 valence electrons. The van der Waals surface area contributed by atoms with Crippen molar-refractivity contribution in [2.24, 2.45) is 0 Å². The van der Waals surface area contributed by atoms with Gasteiger partial charge in [-0.1, -0.05) is 66.7 Å². The van der Waals surface area contributed by atoms with Crippen molar-refractivity contribution in [1.29, 1.82) is 0 Å². The Morgan fingerprint density at radius 1 is 0.892 bits per heavy atom. The number of hydrogen-bond acceptors (Lipinski definition) is 5. The van der Waals surface area contributed by atoms with E-state index in [1.54, 1.807) is 26.4 Å². The van der Waals surface area contributed by atoms with Crippen LogP contribution in [0.25, 0.3) is 23.3 Å². The molecule has 0 radical (unpaired) electrons. The molecule has 0 heterocycles. The Bertz CT molecular complexity index is 1420. The van der Waals surface area contributed by atoms with E-state index < -0.39 is 5.97 Å². The number of anilines is 1. The minimum absolute atomic E-state index is 0.187. The molecular weight excluding hydrogens is 466 g/mol. The zero-order chi connectivity index (χ0) is 26.4. The number of ether oxygens (including phenoxy) is 2. The van der Waals surface area contributed by atoms with Gasteiger partial charge in [0.05, 0.1) is 25.5 Å². The van der Waals surface area contributed by atoms with Gasteiger partial charge in [0.15, 0.2) is 0 Å². The van der Waals surface area contributed by atoms with Crippen LogP contribution in [-0.4, -0.2) is 30.4 Å². The highest BCUT2D eigenvalue weighted by atomic mass is 16.5. The number of carbonyl (C=O) groups is 1. The van der Waals surface area contributed by atoms with E-state index >= 15 is 0 Å². The van der Waals surface area contributed by atoms with E-state index in [1.165, 1.54) is 22.8 Å². The number of carboxylic acids is 1. The molecule has 4 aromatic rings. The maximum atomic E-state index is 11.6. The van der Waals surface area contributed by atoms with Crippen LogP contribution >= 0.6 is 0 Å². The maximum absolute atomic E-state index is 11.6. The van der Waals surface area contributed by atoms with Gasteiger partial charge in [0.2, 0.25) is 0 Å². The fourth-order valence-electron chi connectivity index (χ4n) is 4.32. The van der Waals surface area contributed by atoms with E-state index in [1.807, 2.05) is 36.4 Å². The van der Waals surface area contributed by atoms with Crippen molar-refractivity contribution in [1.82, 2.24) is 0 Å². The number of aromatic carboxylic acids is 1. The summed E-state index contributed by atoms with van der Waals surface area (Å²) in [6.45, 7) is 2.35. The van der Waals surface area contributed by atoms with Crippen LogP contribution in [0.15, 0.2) is 78.9 Å². The molecule has 4 aromatic carbocycles. The van der Waals surface area contributed by atoms with Crippen molar-refractivity contribution in [3.8, 4) is 28.4 Å². The molecule has 37 heavy (non-hydrogen) atoms. The van der Waals surface area contributed by atoms with Crippen molar-refractivity contribution in [3.05, 3.63) is 107 Å². The SMILES string of the molecule is COc1cc(C=Cc2cccc(-c3ccccc3)c2C)cc(OC)c1CNc1cccc(O)c1C(=O)O. The van der Waals surface area contributed by atoms with Crippen LogP contribution in [0.2, 0.25) is 0 Å². The molecule has 6 heteroatoms. The van der Waals surface area contributed by atoms with Crippen LogP contribution < -0.4 is 14.8 Å². The fourth-order valence-corrected chi connectivity index (χ4v) is 4.32. The van der Waals surface area contributed by atoms with Gasteiger partial charge in [-0.15, -0.1) is 0 Å². The van der Waals surface area contributed by atoms with E-state index in [0.29, 0.717) is 17.2 Å². The molecule has 0 aromatic heterocycles. The maximum Gasteiger partial charge on any atom is 0.341 e. The first kappa shape index (κ1) is 25.4. The lowest BCUT2D eigenvalue weighted by Crippen LogP contribution is -2.08. The predicted octanol–water partition coefficient (Wildman–Crippen LogP) is 6.87. The van der Waals surface area contributed by atoms with E-state index in [4.69, 9.17) is 9.47 Å². The number of hydrogen-bond donors (Lipinski definition) is 3. The summed E-state index contributed by atoms with van der Waals surface area (Å²) >= 11 is 0.